The summed E-state index contributed by atoms with van der Waals surface area (Å²) in [4.78, 5) is 0. The largest absolute Gasteiger partial charge is 0.524 e. The van der Waals surface area contributed by atoms with E-state index in [-0.39, 0.29) is 6.04 Å². The van der Waals surface area contributed by atoms with Gasteiger partial charge in [0.1, 0.15) is 6.79 Å². The van der Waals surface area contributed by atoms with Crippen LogP contribution in [0.25, 0.3) is 0 Å². The van der Waals surface area contributed by atoms with Crippen molar-refractivity contribution in [3.63, 3.8) is 0 Å². The van der Waals surface area contributed by atoms with Gasteiger partial charge in [-0.2, -0.15) is 8.78 Å². The molecule has 0 amide bonds. The molecule has 11 heteroatoms. The van der Waals surface area contributed by atoms with Gasteiger partial charge in [-0.15, -0.1) is 13.2 Å². The van der Waals surface area contributed by atoms with Crippen molar-refractivity contribution in [1.29, 1.82) is 0 Å². The minimum absolute atomic E-state index is 0.231. The lowest BCUT2D eigenvalue weighted by molar-refractivity contribution is -0.344. The molecule has 0 rings (SSSR count). The van der Waals surface area contributed by atoms with Crippen LogP contribution >= 0.6 is 0 Å². The highest BCUT2D eigenvalue weighted by Gasteiger charge is 2.41. The van der Waals surface area contributed by atoms with Gasteiger partial charge in [0.05, 0.1) is 6.61 Å². The third-order valence-electron chi connectivity index (χ3n) is 1.78. The van der Waals surface area contributed by atoms with Gasteiger partial charge in [0.2, 0.25) is 0 Å². The fourth-order valence-electron chi connectivity index (χ4n) is 0.937. The van der Waals surface area contributed by atoms with Crippen molar-refractivity contribution in [3.05, 3.63) is 0 Å². The molecule has 18 heavy (non-hydrogen) atoms. The molecule has 0 unspecified atom stereocenters. The third-order valence-corrected chi connectivity index (χ3v) is 4.39. The Labute approximate surface area is 101 Å². The first-order valence-electron chi connectivity index (χ1n) is 4.59. The number of rotatable bonds is 9. The van der Waals surface area contributed by atoms with Crippen LogP contribution in [0.4, 0.5) is 22.0 Å². The zero-order chi connectivity index (χ0) is 14.2. The zero-order valence-corrected chi connectivity index (χ0v) is 10.6. The molecule has 0 aliphatic rings. The molecule has 0 aliphatic carbocycles. The van der Waals surface area contributed by atoms with Gasteiger partial charge in [-0.25, -0.2) is 0 Å². The van der Waals surface area contributed by atoms with Crippen molar-refractivity contribution >= 4 is 8.80 Å². The fraction of sp³-hybridized carbons (Fsp3) is 1.00. The summed E-state index contributed by atoms with van der Waals surface area (Å²) < 4.78 is 80.2. The molecule has 0 spiro atoms. The van der Waals surface area contributed by atoms with Crippen LogP contribution in [0.3, 0.4) is 0 Å². The van der Waals surface area contributed by atoms with Gasteiger partial charge in [-0.1, -0.05) is 0 Å². The Morgan fingerprint density at radius 1 is 1.11 bits per heavy atom. The van der Waals surface area contributed by atoms with E-state index in [1.54, 1.807) is 0 Å². The van der Waals surface area contributed by atoms with Crippen LogP contribution in [0.1, 0.15) is 0 Å². The molecule has 5 nitrogen and oxygen atoms in total. The lowest BCUT2D eigenvalue weighted by Gasteiger charge is -2.26. The first-order valence-corrected chi connectivity index (χ1v) is 6.52. The Morgan fingerprint density at radius 2 is 1.67 bits per heavy atom. The fourth-order valence-corrected chi connectivity index (χ4v) is 2.50. The summed E-state index contributed by atoms with van der Waals surface area (Å²) >= 11 is 0. The van der Waals surface area contributed by atoms with Crippen LogP contribution in [0, 0.1) is 0 Å². The predicted octanol–water partition coefficient (Wildman–Crippen LogP) is 1.97. The Balaban J connectivity index is 4.16. The molecule has 0 aromatic heterocycles. The van der Waals surface area contributed by atoms with Crippen LogP contribution in [-0.2, 0) is 22.8 Å². The van der Waals surface area contributed by atoms with Crippen LogP contribution in [0.2, 0.25) is 6.04 Å². The molecular weight excluding hydrogens is 287 g/mol. The molecule has 0 saturated heterocycles. The summed E-state index contributed by atoms with van der Waals surface area (Å²) in [5, 5.41) is 0. The van der Waals surface area contributed by atoms with Crippen molar-refractivity contribution in [2.24, 2.45) is 0 Å². The molecular formula is C7H13F5O5Si. The first kappa shape index (κ1) is 17.7. The molecule has 0 bridgehead atoms. The number of ether oxygens (including phenoxy) is 2. The Bertz CT molecular complexity index is 223. The molecule has 0 saturated carbocycles. The van der Waals surface area contributed by atoms with Gasteiger partial charge in [0.25, 0.3) is 0 Å². The van der Waals surface area contributed by atoms with E-state index in [9.17, 15) is 22.0 Å². The van der Waals surface area contributed by atoms with Gasteiger partial charge < -0.3 is 18.0 Å². The van der Waals surface area contributed by atoms with Gasteiger partial charge in [0, 0.05) is 20.3 Å². The number of alkyl halides is 5. The van der Waals surface area contributed by atoms with Crippen LogP contribution in [0.15, 0.2) is 0 Å². The van der Waals surface area contributed by atoms with E-state index in [1.807, 2.05) is 0 Å². The zero-order valence-electron chi connectivity index (χ0n) is 9.63. The Hall–Kier alpha value is -0.333. The van der Waals surface area contributed by atoms with E-state index in [2.05, 4.69) is 9.47 Å². The minimum Gasteiger partial charge on any atom is -0.377 e. The number of halogens is 5. The number of hydrogen-bond donors (Lipinski definition) is 0. The summed E-state index contributed by atoms with van der Waals surface area (Å²) in [5.41, 5.74) is 0. The second-order valence-corrected chi connectivity index (χ2v) is 5.80. The molecule has 0 atom stereocenters. The Kier molecular flexibility index (Phi) is 7.81. The Morgan fingerprint density at radius 3 is 2.06 bits per heavy atom. The molecule has 0 N–H and O–H groups in total. The smallest absolute Gasteiger partial charge is 0.377 e. The van der Waals surface area contributed by atoms with Crippen molar-refractivity contribution in [2.45, 2.75) is 19.0 Å². The highest BCUT2D eigenvalue weighted by molar-refractivity contribution is 6.60. The summed E-state index contributed by atoms with van der Waals surface area (Å²) in [6.45, 7) is -4.61. The SMILES string of the molecule is CO[Si](CCOC(F)F)(OC)OCOC(F)(F)F. The average Bonchev–Trinajstić information content (AvgIpc) is 2.25. The van der Waals surface area contributed by atoms with Crippen molar-refractivity contribution in [2.75, 3.05) is 27.6 Å². The number of hydrogen-bond acceptors (Lipinski definition) is 5. The van der Waals surface area contributed by atoms with Crippen molar-refractivity contribution in [1.82, 2.24) is 0 Å². The van der Waals surface area contributed by atoms with Gasteiger partial charge in [-0.05, 0) is 0 Å². The molecule has 0 radical (unpaired) electrons. The second-order valence-electron chi connectivity index (χ2n) is 2.82. The molecule has 0 fully saturated rings. The van der Waals surface area contributed by atoms with Crippen molar-refractivity contribution in [3.8, 4) is 0 Å². The predicted molar refractivity (Wildman–Crippen MR) is 49.6 cm³/mol. The topological polar surface area (TPSA) is 46.2 Å². The van der Waals surface area contributed by atoms with Gasteiger partial charge in [-0.3, -0.25) is 4.74 Å². The van der Waals surface area contributed by atoms with Crippen LogP contribution in [-0.4, -0.2) is 49.4 Å². The van der Waals surface area contributed by atoms with E-state index < -0.39 is 35.2 Å². The molecule has 0 aromatic rings. The monoisotopic (exact) mass is 300 g/mol. The van der Waals surface area contributed by atoms with Gasteiger partial charge in [0.15, 0.2) is 0 Å². The minimum atomic E-state index is -4.86. The highest BCUT2D eigenvalue weighted by Crippen LogP contribution is 2.19. The van der Waals surface area contributed by atoms with Crippen LogP contribution in [0.5, 0.6) is 0 Å². The quantitative estimate of drug-likeness (QED) is 0.370. The van der Waals surface area contributed by atoms with E-state index in [1.165, 1.54) is 0 Å². The maximum atomic E-state index is 11.7. The van der Waals surface area contributed by atoms with E-state index in [0.717, 1.165) is 14.2 Å². The summed E-state index contributed by atoms with van der Waals surface area (Å²) in [6, 6.07) is -0.231. The lowest BCUT2D eigenvalue weighted by Crippen LogP contribution is -2.46. The molecule has 0 heterocycles. The van der Waals surface area contributed by atoms with E-state index >= 15 is 0 Å². The molecule has 0 aromatic carbocycles. The third kappa shape index (κ3) is 7.89. The maximum absolute atomic E-state index is 11.7. The summed E-state index contributed by atoms with van der Waals surface area (Å²) in [7, 11) is -1.23. The van der Waals surface area contributed by atoms with Gasteiger partial charge >= 0.3 is 21.8 Å². The lowest BCUT2D eigenvalue weighted by atomic mass is 10.9. The second kappa shape index (κ2) is 7.96. The van der Waals surface area contributed by atoms with Crippen LogP contribution < -0.4 is 0 Å². The summed E-state index contributed by atoms with van der Waals surface area (Å²) in [6.07, 6.45) is -4.86. The highest BCUT2D eigenvalue weighted by atomic mass is 28.4. The van der Waals surface area contributed by atoms with E-state index in [4.69, 9.17) is 13.3 Å². The average molecular weight is 300 g/mol. The first-order chi connectivity index (χ1) is 8.24. The normalized spacial score (nSPS) is 13.3. The summed E-state index contributed by atoms with van der Waals surface area (Å²) in [5.74, 6) is 0. The molecule has 110 valence electrons. The maximum Gasteiger partial charge on any atom is 0.524 e. The van der Waals surface area contributed by atoms with Crippen molar-refractivity contribution < 1.29 is 44.7 Å². The molecule has 0 aliphatic heterocycles. The standard InChI is InChI=1S/C7H13F5O5Si/c1-13-18(14-2,4-3-15-6(8)9)17-5-16-7(10,11)12/h6H,3-5H2,1-2H3. The van der Waals surface area contributed by atoms with E-state index in [0.29, 0.717) is 0 Å².